The van der Waals surface area contributed by atoms with E-state index < -0.39 is 5.41 Å². The lowest BCUT2D eigenvalue weighted by molar-refractivity contribution is -0.125. The first-order valence-electron chi connectivity index (χ1n) is 7.72. The van der Waals surface area contributed by atoms with E-state index in [0.29, 0.717) is 6.54 Å². The minimum Gasteiger partial charge on any atom is -0.351 e. The summed E-state index contributed by atoms with van der Waals surface area (Å²) in [5, 5.41) is 6.41. The molecule has 1 amide bonds. The van der Waals surface area contributed by atoms with Crippen molar-refractivity contribution in [3.63, 3.8) is 0 Å². The van der Waals surface area contributed by atoms with Gasteiger partial charge >= 0.3 is 0 Å². The smallest absolute Gasteiger partial charge is 0.230 e. The Morgan fingerprint density at radius 3 is 2.52 bits per heavy atom. The summed E-state index contributed by atoms with van der Waals surface area (Å²) in [7, 11) is 0. The molecule has 0 bridgehead atoms. The predicted octanol–water partition coefficient (Wildman–Crippen LogP) is 3.31. The van der Waals surface area contributed by atoms with Gasteiger partial charge in [0.05, 0.1) is 5.41 Å². The molecule has 4 heteroatoms. The van der Waals surface area contributed by atoms with Crippen LogP contribution in [0.4, 0.5) is 0 Å². The maximum absolute atomic E-state index is 12.5. The highest BCUT2D eigenvalue weighted by Crippen LogP contribution is 2.23. The van der Waals surface area contributed by atoms with Gasteiger partial charge in [0.15, 0.2) is 0 Å². The van der Waals surface area contributed by atoms with Crippen LogP contribution in [0.5, 0.6) is 0 Å². The van der Waals surface area contributed by atoms with Crippen molar-refractivity contribution in [2.24, 2.45) is 0 Å². The number of benzene rings is 2. The molecule has 0 spiro atoms. The van der Waals surface area contributed by atoms with E-state index in [2.05, 4.69) is 28.8 Å². The molecule has 1 aliphatic rings. The van der Waals surface area contributed by atoms with Crippen LogP contribution in [0, 0.1) is 0 Å². The standard InChI is InChI=1S/C19H22N2O.ClH/c1-19(2,17-6-4-3-5-7-17)18(22)21-11-14-8-9-15-12-20-13-16(15)10-14;/h3-10,20H,11-13H2,1-2H3,(H,21,22);1H. The second-order valence-electron chi connectivity index (χ2n) is 6.38. The van der Waals surface area contributed by atoms with Crippen LogP contribution in [-0.2, 0) is 29.8 Å². The predicted molar refractivity (Wildman–Crippen MR) is 95.5 cm³/mol. The molecule has 0 saturated carbocycles. The van der Waals surface area contributed by atoms with E-state index in [0.717, 1.165) is 24.2 Å². The van der Waals surface area contributed by atoms with E-state index in [1.54, 1.807) is 0 Å². The molecule has 0 atom stereocenters. The number of carbonyl (C=O) groups is 1. The summed E-state index contributed by atoms with van der Waals surface area (Å²) in [6, 6.07) is 16.3. The SMILES string of the molecule is CC(C)(C(=O)NCc1ccc2c(c1)CNC2)c1ccccc1.Cl. The summed E-state index contributed by atoms with van der Waals surface area (Å²) >= 11 is 0. The van der Waals surface area contributed by atoms with E-state index in [4.69, 9.17) is 0 Å². The second-order valence-corrected chi connectivity index (χ2v) is 6.38. The molecule has 1 aliphatic heterocycles. The van der Waals surface area contributed by atoms with Gasteiger partial charge in [-0.3, -0.25) is 4.79 Å². The lowest BCUT2D eigenvalue weighted by atomic mass is 9.83. The maximum atomic E-state index is 12.5. The van der Waals surface area contributed by atoms with Crippen molar-refractivity contribution in [2.75, 3.05) is 0 Å². The molecule has 3 rings (SSSR count). The Morgan fingerprint density at radius 2 is 1.78 bits per heavy atom. The molecule has 2 aromatic carbocycles. The molecular formula is C19H23ClN2O. The highest BCUT2D eigenvalue weighted by atomic mass is 35.5. The van der Waals surface area contributed by atoms with Gasteiger partial charge < -0.3 is 10.6 Å². The molecule has 3 nitrogen and oxygen atoms in total. The number of hydrogen-bond donors (Lipinski definition) is 2. The fourth-order valence-corrected chi connectivity index (χ4v) is 2.85. The van der Waals surface area contributed by atoms with Gasteiger partial charge in [-0.25, -0.2) is 0 Å². The third-order valence-corrected chi connectivity index (χ3v) is 4.42. The molecule has 0 aromatic heterocycles. The molecule has 0 aliphatic carbocycles. The summed E-state index contributed by atoms with van der Waals surface area (Å²) < 4.78 is 0. The molecule has 2 N–H and O–H groups in total. The maximum Gasteiger partial charge on any atom is 0.230 e. The normalized spacial score (nSPS) is 13.1. The Balaban J connectivity index is 0.00000192. The molecule has 23 heavy (non-hydrogen) atoms. The lowest BCUT2D eigenvalue weighted by Gasteiger charge is -2.24. The van der Waals surface area contributed by atoms with Gasteiger partial charge in [-0.1, -0.05) is 48.5 Å². The van der Waals surface area contributed by atoms with E-state index in [1.807, 2.05) is 44.2 Å². The fraction of sp³-hybridized carbons (Fsp3) is 0.316. The van der Waals surface area contributed by atoms with Crippen molar-refractivity contribution >= 4 is 18.3 Å². The van der Waals surface area contributed by atoms with Crippen molar-refractivity contribution in [1.82, 2.24) is 10.6 Å². The Morgan fingerprint density at radius 1 is 1.09 bits per heavy atom. The third kappa shape index (κ3) is 3.74. The van der Waals surface area contributed by atoms with Crippen molar-refractivity contribution in [2.45, 2.75) is 38.9 Å². The van der Waals surface area contributed by atoms with Crippen LogP contribution < -0.4 is 10.6 Å². The molecule has 0 fully saturated rings. The summed E-state index contributed by atoms with van der Waals surface area (Å²) in [5.74, 6) is 0.0531. The minimum atomic E-state index is -0.528. The van der Waals surface area contributed by atoms with Gasteiger partial charge in [0, 0.05) is 19.6 Å². The zero-order valence-corrected chi connectivity index (χ0v) is 14.4. The van der Waals surface area contributed by atoms with Crippen molar-refractivity contribution in [3.05, 3.63) is 70.8 Å². The first kappa shape index (κ1) is 17.5. The Kier molecular flexibility index (Phi) is 5.45. The number of amides is 1. The molecule has 1 heterocycles. The number of hydrogen-bond acceptors (Lipinski definition) is 2. The van der Waals surface area contributed by atoms with Crippen molar-refractivity contribution in [3.8, 4) is 0 Å². The molecule has 0 unspecified atom stereocenters. The zero-order valence-electron chi connectivity index (χ0n) is 13.6. The minimum absolute atomic E-state index is 0. The average Bonchev–Trinajstić information content (AvgIpc) is 3.01. The fourth-order valence-electron chi connectivity index (χ4n) is 2.85. The lowest BCUT2D eigenvalue weighted by Crippen LogP contribution is -2.39. The van der Waals surface area contributed by atoms with E-state index in [1.165, 1.54) is 11.1 Å². The van der Waals surface area contributed by atoms with Crippen LogP contribution >= 0.6 is 12.4 Å². The van der Waals surface area contributed by atoms with Crippen molar-refractivity contribution < 1.29 is 4.79 Å². The van der Waals surface area contributed by atoms with Crippen LogP contribution in [-0.4, -0.2) is 5.91 Å². The highest BCUT2D eigenvalue weighted by molar-refractivity contribution is 5.87. The van der Waals surface area contributed by atoms with Gasteiger partial charge in [0.25, 0.3) is 0 Å². The second kappa shape index (κ2) is 7.16. The molecular weight excluding hydrogens is 308 g/mol. The largest absolute Gasteiger partial charge is 0.351 e. The monoisotopic (exact) mass is 330 g/mol. The van der Waals surface area contributed by atoms with Crippen LogP contribution in [0.2, 0.25) is 0 Å². The summed E-state index contributed by atoms with van der Waals surface area (Å²) in [6.45, 7) is 6.37. The first-order valence-corrected chi connectivity index (χ1v) is 7.72. The molecule has 0 saturated heterocycles. The van der Waals surface area contributed by atoms with Crippen LogP contribution in [0.25, 0.3) is 0 Å². The molecule has 122 valence electrons. The Labute approximate surface area is 143 Å². The van der Waals surface area contributed by atoms with Crippen LogP contribution in [0.3, 0.4) is 0 Å². The summed E-state index contributed by atoms with van der Waals surface area (Å²) in [4.78, 5) is 12.5. The first-order chi connectivity index (χ1) is 10.6. The molecule has 2 aromatic rings. The number of carbonyl (C=O) groups excluding carboxylic acids is 1. The highest BCUT2D eigenvalue weighted by Gasteiger charge is 2.29. The van der Waals surface area contributed by atoms with Crippen LogP contribution in [0.15, 0.2) is 48.5 Å². The Bertz CT molecular complexity index is 683. The van der Waals surface area contributed by atoms with E-state index in [-0.39, 0.29) is 18.3 Å². The zero-order chi connectivity index (χ0) is 15.6. The van der Waals surface area contributed by atoms with Gasteiger partial charge in [0.1, 0.15) is 0 Å². The van der Waals surface area contributed by atoms with Gasteiger partial charge in [0.2, 0.25) is 5.91 Å². The van der Waals surface area contributed by atoms with E-state index >= 15 is 0 Å². The number of halogens is 1. The molecule has 0 radical (unpaired) electrons. The van der Waals surface area contributed by atoms with Gasteiger partial charge in [-0.2, -0.15) is 0 Å². The number of rotatable bonds is 4. The van der Waals surface area contributed by atoms with Gasteiger partial charge in [-0.05, 0) is 36.1 Å². The third-order valence-electron chi connectivity index (χ3n) is 4.42. The topological polar surface area (TPSA) is 41.1 Å². The quantitative estimate of drug-likeness (QED) is 0.903. The van der Waals surface area contributed by atoms with Gasteiger partial charge in [-0.15, -0.1) is 12.4 Å². The Hall–Kier alpha value is -1.84. The average molecular weight is 331 g/mol. The number of nitrogens with one attached hydrogen (secondary N) is 2. The van der Waals surface area contributed by atoms with E-state index in [9.17, 15) is 4.79 Å². The summed E-state index contributed by atoms with van der Waals surface area (Å²) in [6.07, 6.45) is 0. The number of fused-ring (bicyclic) bond motifs is 1. The van der Waals surface area contributed by atoms with Crippen LogP contribution in [0.1, 0.15) is 36.1 Å². The van der Waals surface area contributed by atoms with Crippen molar-refractivity contribution in [1.29, 1.82) is 0 Å². The summed E-state index contributed by atoms with van der Waals surface area (Å²) in [5.41, 5.74) is 4.36.